The number of benzene rings is 1. The lowest BCUT2D eigenvalue weighted by Crippen LogP contribution is -2.37. The van der Waals surface area contributed by atoms with E-state index in [4.69, 9.17) is 0 Å². The number of anilines is 1. The second-order valence-corrected chi connectivity index (χ2v) is 5.68. The molecule has 110 valence electrons. The molecule has 6 heteroatoms. The molecule has 0 aromatic heterocycles. The van der Waals surface area contributed by atoms with E-state index < -0.39 is 4.92 Å². The van der Waals surface area contributed by atoms with Gasteiger partial charge in [-0.3, -0.25) is 14.9 Å². The van der Waals surface area contributed by atoms with Crippen molar-refractivity contribution < 1.29 is 9.72 Å². The van der Waals surface area contributed by atoms with Gasteiger partial charge in [-0.1, -0.05) is 6.07 Å². The molecule has 1 aromatic carbocycles. The summed E-state index contributed by atoms with van der Waals surface area (Å²) in [6.07, 6.45) is 0.319. The van der Waals surface area contributed by atoms with Crippen LogP contribution in [0.5, 0.6) is 0 Å². The van der Waals surface area contributed by atoms with E-state index in [0.717, 1.165) is 0 Å². The topological polar surface area (TPSA) is 84.3 Å². The molecule has 0 saturated heterocycles. The molecule has 0 aliphatic heterocycles. The molecule has 2 N–H and O–H groups in total. The van der Waals surface area contributed by atoms with Gasteiger partial charge in [0.15, 0.2) is 0 Å². The van der Waals surface area contributed by atoms with Crippen LogP contribution in [-0.4, -0.2) is 22.9 Å². The minimum Gasteiger partial charge on any atom is -0.326 e. The van der Waals surface area contributed by atoms with E-state index in [9.17, 15) is 14.9 Å². The third-order valence-corrected chi connectivity index (χ3v) is 2.78. The number of hydrogen-bond acceptors (Lipinski definition) is 4. The smallest absolute Gasteiger partial charge is 0.274 e. The Hall–Kier alpha value is -1.95. The Bertz CT molecular complexity index is 507. The molecule has 0 atom stereocenters. The number of nitrogens with zero attached hydrogens (tertiary/aromatic N) is 1. The van der Waals surface area contributed by atoms with Gasteiger partial charge in [-0.05, 0) is 33.8 Å². The van der Waals surface area contributed by atoms with E-state index >= 15 is 0 Å². The lowest BCUT2D eigenvalue weighted by Gasteiger charge is -2.20. The van der Waals surface area contributed by atoms with Gasteiger partial charge in [0, 0.05) is 24.6 Å². The molecule has 20 heavy (non-hydrogen) atoms. The first-order valence-electron chi connectivity index (χ1n) is 6.49. The molecule has 1 aromatic rings. The molecule has 0 fully saturated rings. The molecule has 0 bridgehead atoms. The van der Waals surface area contributed by atoms with Crippen molar-refractivity contribution in [3.05, 3.63) is 33.9 Å². The van der Waals surface area contributed by atoms with Crippen molar-refractivity contribution in [3.63, 3.8) is 0 Å². The van der Waals surface area contributed by atoms with Gasteiger partial charge in [0.25, 0.3) is 5.69 Å². The quantitative estimate of drug-likeness (QED) is 0.641. The van der Waals surface area contributed by atoms with Crippen molar-refractivity contribution in [1.29, 1.82) is 0 Å². The number of nitro benzene ring substituents is 1. The van der Waals surface area contributed by atoms with Crippen LogP contribution < -0.4 is 10.6 Å². The molecule has 1 amide bonds. The van der Waals surface area contributed by atoms with E-state index in [-0.39, 0.29) is 17.1 Å². The summed E-state index contributed by atoms with van der Waals surface area (Å²) < 4.78 is 0. The zero-order chi connectivity index (χ0) is 15.3. The average molecular weight is 279 g/mol. The van der Waals surface area contributed by atoms with Crippen molar-refractivity contribution in [2.45, 2.75) is 39.7 Å². The van der Waals surface area contributed by atoms with Gasteiger partial charge >= 0.3 is 0 Å². The van der Waals surface area contributed by atoms with Gasteiger partial charge in [0.1, 0.15) is 0 Å². The SMILES string of the molecule is Cc1c(NC(=O)CCNC(C)(C)C)cccc1[N+](=O)[O-]. The fourth-order valence-corrected chi connectivity index (χ4v) is 1.72. The fourth-order valence-electron chi connectivity index (χ4n) is 1.72. The maximum Gasteiger partial charge on any atom is 0.274 e. The van der Waals surface area contributed by atoms with Gasteiger partial charge in [-0.15, -0.1) is 0 Å². The summed E-state index contributed by atoms with van der Waals surface area (Å²) in [6.45, 7) is 8.26. The van der Waals surface area contributed by atoms with E-state index in [0.29, 0.717) is 24.2 Å². The highest BCUT2D eigenvalue weighted by Crippen LogP contribution is 2.24. The summed E-state index contributed by atoms with van der Waals surface area (Å²) in [6, 6.07) is 4.65. The molecule has 0 saturated carbocycles. The second kappa shape index (κ2) is 6.47. The Morgan fingerprint density at radius 1 is 1.35 bits per heavy atom. The second-order valence-electron chi connectivity index (χ2n) is 5.68. The predicted octanol–water partition coefficient (Wildman–Crippen LogP) is 2.62. The Morgan fingerprint density at radius 2 is 2.00 bits per heavy atom. The molecule has 0 heterocycles. The van der Waals surface area contributed by atoms with Crippen LogP contribution in [0.15, 0.2) is 18.2 Å². The van der Waals surface area contributed by atoms with Crippen LogP contribution >= 0.6 is 0 Å². The summed E-state index contributed by atoms with van der Waals surface area (Å²) in [5.41, 5.74) is 0.923. The van der Waals surface area contributed by atoms with Crippen LogP contribution in [-0.2, 0) is 4.79 Å². The Balaban J connectivity index is 2.63. The lowest BCUT2D eigenvalue weighted by atomic mass is 10.1. The monoisotopic (exact) mass is 279 g/mol. The fraction of sp³-hybridized carbons (Fsp3) is 0.500. The lowest BCUT2D eigenvalue weighted by molar-refractivity contribution is -0.385. The number of rotatable bonds is 5. The van der Waals surface area contributed by atoms with Crippen molar-refractivity contribution in [1.82, 2.24) is 5.32 Å². The van der Waals surface area contributed by atoms with E-state index in [1.165, 1.54) is 6.07 Å². The molecule has 0 spiro atoms. The Labute approximate surface area is 118 Å². The molecule has 0 aliphatic rings. The third-order valence-electron chi connectivity index (χ3n) is 2.78. The molecule has 0 aliphatic carbocycles. The van der Waals surface area contributed by atoms with Crippen LogP contribution in [0.25, 0.3) is 0 Å². The van der Waals surface area contributed by atoms with Crippen molar-refractivity contribution >= 4 is 17.3 Å². The van der Waals surface area contributed by atoms with Crippen LogP contribution in [0, 0.1) is 17.0 Å². The first-order chi connectivity index (χ1) is 9.20. The van der Waals surface area contributed by atoms with Crippen LogP contribution in [0.3, 0.4) is 0 Å². The van der Waals surface area contributed by atoms with Crippen LogP contribution in [0.2, 0.25) is 0 Å². The van der Waals surface area contributed by atoms with Crippen molar-refractivity contribution in [3.8, 4) is 0 Å². The summed E-state index contributed by atoms with van der Waals surface area (Å²) in [5.74, 6) is -0.162. The van der Waals surface area contributed by atoms with Crippen molar-refractivity contribution in [2.24, 2.45) is 0 Å². The normalized spacial score (nSPS) is 11.2. The molecular weight excluding hydrogens is 258 g/mol. The van der Waals surface area contributed by atoms with Gasteiger partial charge in [0.05, 0.1) is 16.2 Å². The number of amides is 1. The molecule has 6 nitrogen and oxygen atoms in total. The van der Waals surface area contributed by atoms with E-state index in [1.54, 1.807) is 19.1 Å². The standard InChI is InChI=1S/C14H21N3O3/c1-10-11(6-5-7-12(10)17(19)20)16-13(18)8-9-15-14(2,3)4/h5-7,15H,8-9H2,1-4H3,(H,16,18). The highest BCUT2D eigenvalue weighted by molar-refractivity contribution is 5.92. The summed E-state index contributed by atoms with van der Waals surface area (Å²) in [5, 5.41) is 16.7. The molecule has 0 unspecified atom stereocenters. The first kappa shape index (κ1) is 16.1. The van der Waals surface area contributed by atoms with Gasteiger partial charge < -0.3 is 10.6 Å². The minimum atomic E-state index is -0.452. The number of nitrogens with one attached hydrogen (secondary N) is 2. The number of carbonyl (C=O) groups is 1. The van der Waals surface area contributed by atoms with E-state index in [1.807, 2.05) is 20.8 Å². The first-order valence-corrected chi connectivity index (χ1v) is 6.49. The molecular formula is C14H21N3O3. The van der Waals surface area contributed by atoms with Gasteiger partial charge in [-0.25, -0.2) is 0 Å². The zero-order valence-corrected chi connectivity index (χ0v) is 12.3. The van der Waals surface area contributed by atoms with E-state index in [2.05, 4.69) is 10.6 Å². The number of nitro groups is 1. The summed E-state index contributed by atoms with van der Waals surface area (Å²) in [7, 11) is 0. The van der Waals surface area contributed by atoms with Crippen LogP contribution in [0.4, 0.5) is 11.4 Å². The predicted molar refractivity (Wildman–Crippen MR) is 78.8 cm³/mol. The van der Waals surface area contributed by atoms with Gasteiger partial charge in [-0.2, -0.15) is 0 Å². The van der Waals surface area contributed by atoms with Crippen LogP contribution in [0.1, 0.15) is 32.8 Å². The minimum absolute atomic E-state index is 0.00983. The maximum absolute atomic E-state index is 11.8. The highest BCUT2D eigenvalue weighted by Gasteiger charge is 2.15. The number of hydrogen-bond donors (Lipinski definition) is 2. The highest BCUT2D eigenvalue weighted by atomic mass is 16.6. The number of carbonyl (C=O) groups excluding carboxylic acids is 1. The molecule has 0 radical (unpaired) electrons. The largest absolute Gasteiger partial charge is 0.326 e. The average Bonchev–Trinajstić information content (AvgIpc) is 2.29. The maximum atomic E-state index is 11.8. The van der Waals surface area contributed by atoms with Crippen molar-refractivity contribution in [2.75, 3.05) is 11.9 Å². The molecule has 1 rings (SSSR count). The zero-order valence-electron chi connectivity index (χ0n) is 12.3. The third kappa shape index (κ3) is 4.97. The Morgan fingerprint density at radius 3 is 2.55 bits per heavy atom. The Kier molecular flexibility index (Phi) is 5.21. The van der Waals surface area contributed by atoms with Gasteiger partial charge in [0.2, 0.25) is 5.91 Å². The summed E-state index contributed by atoms with van der Waals surface area (Å²) in [4.78, 5) is 22.2. The summed E-state index contributed by atoms with van der Waals surface area (Å²) >= 11 is 0.